The second-order valence-corrected chi connectivity index (χ2v) is 8.06. The molecule has 7 nitrogen and oxygen atoms in total. The van der Waals surface area contributed by atoms with Crippen molar-refractivity contribution in [2.75, 3.05) is 33.9 Å². The Balaban J connectivity index is 0.00000341. The maximum Gasteiger partial charge on any atom is 0.409 e. The summed E-state index contributed by atoms with van der Waals surface area (Å²) in [6.45, 7) is 4.35. The highest BCUT2D eigenvalue weighted by Gasteiger charge is 2.24. The lowest BCUT2D eigenvalue weighted by atomic mass is 10.1. The molecule has 0 atom stereocenters. The van der Waals surface area contributed by atoms with Crippen LogP contribution in [-0.2, 0) is 11.3 Å². The second-order valence-electron chi connectivity index (χ2n) is 7.06. The highest BCUT2D eigenvalue weighted by atomic mass is 127. The minimum Gasteiger partial charge on any atom is -0.497 e. The van der Waals surface area contributed by atoms with E-state index in [9.17, 15) is 4.79 Å². The highest BCUT2D eigenvalue weighted by Crippen LogP contribution is 2.27. The number of rotatable bonds is 6. The Bertz CT molecular complexity index is 849. The lowest BCUT2D eigenvalue weighted by Crippen LogP contribution is -2.49. The van der Waals surface area contributed by atoms with Gasteiger partial charge in [0.15, 0.2) is 5.96 Å². The number of guanidine groups is 1. The monoisotopic (exact) mass is 558 g/mol. The van der Waals surface area contributed by atoms with Gasteiger partial charge in [-0.05, 0) is 54.5 Å². The van der Waals surface area contributed by atoms with Crippen LogP contribution in [0.3, 0.4) is 0 Å². The molecule has 3 rings (SSSR count). The smallest absolute Gasteiger partial charge is 0.409 e. The van der Waals surface area contributed by atoms with E-state index in [1.807, 2.05) is 19.1 Å². The molecule has 0 bridgehead atoms. The number of likely N-dealkylation sites (tertiary alicyclic amines) is 1. The van der Waals surface area contributed by atoms with Crippen molar-refractivity contribution in [2.24, 2.45) is 4.99 Å². The molecule has 1 aliphatic rings. The zero-order chi connectivity index (χ0) is 21.3. The van der Waals surface area contributed by atoms with Gasteiger partial charge in [-0.15, -0.1) is 35.3 Å². The summed E-state index contributed by atoms with van der Waals surface area (Å²) in [5.41, 5.74) is 2.38. The zero-order valence-corrected chi connectivity index (χ0v) is 21.4. The standard InChI is InChI=1S/C22H30N4O3S.HI/c1-4-29-22(27)26-11-9-18(10-12-26)25-21(23-2)24-14-20-13-17(15-30-20)16-5-7-19(28-3)8-6-16;/h5-8,13,15,18H,4,9-12,14H2,1-3H3,(H2,23,24,25);1H. The number of aliphatic imine (C=N–C) groups is 1. The van der Waals surface area contributed by atoms with Crippen molar-refractivity contribution < 1.29 is 14.3 Å². The number of nitrogens with zero attached hydrogens (tertiary/aromatic N) is 2. The van der Waals surface area contributed by atoms with E-state index in [2.05, 4.69) is 39.2 Å². The number of halogens is 1. The molecule has 2 aromatic rings. The van der Waals surface area contributed by atoms with Gasteiger partial charge in [-0.2, -0.15) is 0 Å². The molecule has 9 heteroatoms. The van der Waals surface area contributed by atoms with Crippen LogP contribution in [0.15, 0.2) is 40.7 Å². The fourth-order valence-corrected chi connectivity index (χ4v) is 4.22. The minimum atomic E-state index is -0.219. The molecular formula is C22H31IN4O3S. The van der Waals surface area contributed by atoms with Gasteiger partial charge in [0, 0.05) is 31.1 Å². The average molecular weight is 558 g/mol. The third-order valence-corrected chi connectivity index (χ3v) is 6.03. The minimum absolute atomic E-state index is 0. The van der Waals surface area contributed by atoms with Crippen LogP contribution in [-0.4, -0.2) is 56.8 Å². The molecule has 0 aliphatic carbocycles. The molecule has 1 aromatic heterocycles. The zero-order valence-electron chi connectivity index (χ0n) is 18.2. The van der Waals surface area contributed by atoms with E-state index in [1.54, 1.807) is 30.4 Å². The molecule has 0 unspecified atom stereocenters. The van der Waals surface area contributed by atoms with Crippen molar-refractivity contribution in [2.45, 2.75) is 32.4 Å². The number of amides is 1. The maximum absolute atomic E-state index is 11.8. The van der Waals surface area contributed by atoms with Crippen LogP contribution in [0.4, 0.5) is 4.79 Å². The first-order valence-corrected chi connectivity index (χ1v) is 11.1. The van der Waals surface area contributed by atoms with Crippen molar-refractivity contribution in [3.63, 3.8) is 0 Å². The van der Waals surface area contributed by atoms with Crippen molar-refractivity contribution in [1.29, 1.82) is 0 Å². The quantitative estimate of drug-likeness (QED) is 0.314. The van der Waals surface area contributed by atoms with Crippen molar-refractivity contribution >= 4 is 47.4 Å². The van der Waals surface area contributed by atoms with E-state index in [0.717, 1.165) is 24.6 Å². The Kier molecular flexibility index (Phi) is 10.4. The molecular weight excluding hydrogens is 527 g/mol. The van der Waals surface area contributed by atoms with Gasteiger partial charge in [0.1, 0.15) is 5.75 Å². The number of benzene rings is 1. The van der Waals surface area contributed by atoms with Crippen LogP contribution in [0, 0.1) is 0 Å². The van der Waals surface area contributed by atoms with Crippen LogP contribution in [0.2, 0.25) is 0 Å². The largest absolute Gasteiger partial charge is 0.497 e. The molecule has 1 amide bonds. The van der Waals surface area contributed by atoms with E-state index in [4.69, 9.17) is 9.47 Å². The summed E-state index contributed by atoms with van der Waals surface area (Å²) in [4.78, 5) is 19.2. The van der Waals surface area contributed by atoms with Crippen molar-refractivity contribution in [3.8, 4) is 16.9 Å². The Morgan fingerprint density at radius 2 is 1.94 bits per heavy atom. The van der Waals surface area contributed by atoms with Gasteiger partial charge in [-0.1, -0.05) is 12.1 Å². The molecule has 31 heavy (non-hydrogen) atoms. The Labute approximate surface area is 205 Å². The van der Waals surface area contributed by atoms with Gasteiger partial charge in [-0.25, -0.2) is 4.79 Å². The van der Waals surface area contributed by atoms with Crippen molar-refractivity contribution in [1.82, 2.24) is 15.5 Å². The fraction of sp³-hybridized carbons (Fsp3) is 0.455. The lowest BCUT2D eigenvalue weighted by molar-refractivity contribution is 0.0963. The van der Waals surface area contributed by atoms with Gasteiger partial charge in [0.2, 0.25) is 0 Å². The first-order valence-electron chi connectivity index (χ1n) is 10.2. The van der Waals surface area contributed by atoms with E-state index >= 15 is 0 Å². The van der Waals surface area contributed by atoms with Gasteiger partial charge < -0.3 is 25.0 Å². The SMILES string of the molecule is CCOC(=O)N1CCC(NC(=NC)NCc2cc(-c3ccc(OC)cc3)cs2)CC1.I. The number of ether oxygens (including phenoxy) is 2. The van der Waals surface area contributed by atoms with Crippen LogP contribution in [0.25, 0.3) is 11.1 Å². The van der Waals surface area contributed by atoms with E-state index in [0.29, 0.717) is 32.3 Å². The number of carbonyl (C=O) groups is 1. The number of carbonyl (C=O) groups excluding carboxylic acids is 1. The summed E-state index contributed by atoms with van der Waals surface area (Å²) >= 11 is 1.73. The topological polar surface area (TPSA) is 75.2 Å². The van der Waals surface area contributed by atoms with Gasteiger partial charge in [0.25, 0.3) is 0 Å². The summed E-state index contributed by atoms with van der Waals surface area (Å²) in [5, 5.41) is 9.03. The molecule has 0 radical (unpaired) electrons. The van der Waals surface area contributed by atoms with E-state index in [-0.39, 0.29) is 30.1 Å². The van der Waals surface area contributed by atoms with Gasteiger partial charge in [-0.3, -0.25) is 4.99 Å². The highest BCUT2D eigenvalue weighted by molar-refractivity contribution is 14.0. The number of nitrogens with one attached hydrogen (secondary N) is 2. The third kappa shape index (κ3) is 7.27. The molecule has 170 valence electrons. The van der Waals surface area contributed by atoms with Crippen LogP contribution in [0.5, 0.6) is 5.75 Å². The molecule has 1 fully saturated rings. The number of thiophene rings is 1. The maximum atomic E-state index is 11.8. The number of hydrogen-bond donors (Lipinski definition) is 2. The lowest BCUT2D eigenvalue weighted by Gasteiger charge is -2.32. The predicted octanol–water partition coefficient (Wildman–Crippen LogP) is 4.33. The first kappa shape index (κ1) is 25.3. The normalized spacial score (nSPS) is 14.5. The Hall–Kier alpha value is -2.01. The molecule has 2 N–H and O–H groups in total. The van der Waals surface area contributed by atoms with E-state index in [1.165, 1.54) is 16.0 Å². The van der Waals surface area contributed by atoms with E-state index < -0.39 is 0 Å². The number of hydrogen-bond acceptors (Lipinski definition) is 5. The Morgan fingerprint density at radius 1 is 1.23 bits per heavy atom. The summed E-state index contributed by atoms with van der Waals surface area (Å²) in [5.74, 6) is 1.64. The molecule has 0 spiro atoms. The summed E-state index contributed by atoms with van der Waals surface area (Å²) in [6, 6.07) is 10.6. The summed E-state index contributed by atoms with van der Waals surface area (Å²) in [6.07, 6.45) is 1.53. The first-order chi connectivity index (χ1) is 14.6. The third-order valence-electron chi connectivity index (χ3n) is 5.09. The predicted molar refractivity (Wildman–Crippen MR) is 137 cm³/mol. The van der Waals surface area contributed by atoms with Crippen LogP contribution < -0.4 is 15.4 Å². The van der Waals surface area contributed by atoms with Crippen LogP contribution >= 0.6 is 35.3 Å². The molecule has 1 aromatic carbocycles. The molecule has 1 saturated heterocycles. The fourth-order valence-electron chi connectivity index (χ4n) is 3.39. The second kappa shape index (κ2) is 12.7. The molecule has 2 heterocycles. The summed E-state index contributed by atoms with van der Waals surface area (Å²) < 4.78 is 10.3. The van der Waals surface area contributed by atoms with Crippen LogP contribution in [0.1, 0.15) is 24.6 Å². The molecule has 0 saturated carbocycles. The molecule has 1 aliphatic heterocycles. The average Bonchev–Trinajstić information content (AvgIpc) is 3.26. The summed E-state index contributed by atoms with van der Waals surface area (Å²) in [7, 11) is 3.45. The Morgan fingerprint density at radius 3 is 2.55 bits per heavy atom. The number of methoxy groups -OCH3 is 1. The van der Waals surface area contributed by atoms with Gasteiger partial charge in [0.05, 0.1) is 20.3 Å². The number of piperidine rings is 1. The van der Waals surface area contributed by atoms with Gasteiger partial charge >= 0.3 is 6.09 Å². The van der Waals surface area contributed by atoms with Crippen molar-refractivity contribution in [3.05, 3.63) is 40.6 Å².